The van der Waals surface area contributed by atoms with Gasteiger partial charge in [0.1, 0.15) is 11.2 Å². The predicted octanol–water partition coefficient (Wildman–Crippen LogP) is 4.18. The molecule has 2 aromatic heterocycles. The van der Waals surface area contributed by atoms with Gasteiger partial charge in [-0.25, -0.2) is 9.36 Å². The Morgan fingerprint density at radius 2 is 1.72 bits per heavy atom. The van der Waals surface area contributed by atoms with Gasteiger partial charge in [-0.2, -0.15) is 13.2 Å². The fourth-order valence-electron chi connectivity index (χ4n) is 3.35. The maximum Gasteiger partial charge on any atom is 0.416 e. The SMILES string of the molecule is Cc1ccccc1-n1c(=O)c2sccc2n(CC(=O)Nc2ccc(C(F)(F)F)cc2)c1=O. The van der Waals surface area contributed by atoms with E-state index in [4.69, 9.17) is 0 Å². The standard InChI is InChI=1S/C22H16F3N3O3S/c1-13-4-2-3-5-16(13)28-20(30)19-17(10-11-32-19)27(21(28)31)12-18(29)26-15-8-6-14(7-9-15)22(23,24)25/h2-11H,12H2,1H3,(H,26,29). The van der Waals surface area contributed by atoms with Crippen LogP contribution in [0.1, 0.15) is 11.1 Å². The number of carbonyl (C=O) groups excluding carboxylic acids is 1. The smallest absolute Gasteiger partial charge is 0.325 e. The van der Waals surface area contributed by atoms with Crippen LogP contribution in [0.15, 0.2) is 69.6 Å². The van der Waals surface area contributed by atoms with Crippen LogP contribution < -0.4 is 16.6 Å². The normalized spacial score (nSPS) is 11.6. The Bertz CT molecular complexity index is 1430. The van der Waals surface area contributed by atoms with Crippen LogP contribution in [0.5, 0.6) is 0 Å². The van der Waals surface area contributed by atoms with Crippen LogP contribution in [0.25, 0.3) is 15.9 Å². The van der Waals surface area contributed by atoms with E-state index in [2.05, 4.69) is 5.32 Å². The van der Waals surface area contributed by atoms with Gasteiger partial charge in [-0.15, -0.1) is 11.3 Å². The first-order valence-corrected chi connectivity index (χ1v) is 10.3. The molecule has 0 atom stereocenters. The Labute approximate surface area is 183 Å². The van der Waals surface area contributed by atoms with E-state index < -0.39 is 35.4 Å². The molecule has 4 rings (SSSR count). The van der Waals surface area contributed by atoms with Crippen LogP contribution >= 0.6 is 11.3 Å². The summed E-state index contributed by atoms with van der Waals surface area (Å²) in [6.45, 7) is 1.35. The van der Waals surface area contributed by atoms with Crippen molar-refractivity contribution in [3.63, 3.8) is 0 Å². The molecule has 2 aromatic carbocycles. The lowest BCUT2D eigenvalue weighted by Gasteiger charge is -2.14. The average molecular weight is 459 g/mol. The molecule has 10 heteroatoms. The number of amides is 1. The molecule has 0 aliphatic heterocycles. The van der Waals surface area contributed by atoms with E-state index in [1.54, 1.807) is 42.6 Å². The van der Waals surface area contributed by atoms with Crippen LogP contribution in [0, 0.1) is 6.92 Å². The number of nitrogens with zero attached hydrogens (tertiary/aromatic N) is 2. The highest BCUT2D eigenvalue weighted by Gasteiger charge is 2.30. The minimum absolute atomic E-state index is 0.157. The van der Waals surface area contributed by atoms with E-state index in [0.29, 0.717) is 21.5 Å². The van der Waals surface area contributed by atoms with Crippen molar-refractivity contribution >= 4 is 33.1 Å². The number of anilines is 1. The Kier molecular flexibility index (Phi) is 5.47. The van der Waals surface area contributed by atoms with Crippen molar-refractivity contribution in [2.24, 2.45) is 0 Å². The molecule has 0 saturated heterocycles. The predicted molar refractivity (Wildman–Crippen MR) is 116 cm³/mol. The first kappa shape index (κ1) is 21.6. The second kappa shape index (κ2) is 8.12. The second-order valence-electron chi connectivity index (χ2n) is 7.05. The molecule has 1 amide bonds. The fourth-order valence-corrected chi connectivity index (χ4v) is 4.18. The van der Waals surface area contributed by atoms with Crippen LogP contribution in [-0.4, -0.2) is 15.0 Å². The van der Waals surface area contributed by atoms with Gasteiger partial charge in [0.25, 0.3) is 5.56 Å². The maximum absolute atomic E-state index is 13.2. The van der Waals surface area contributed by atoms with Crippen molar-refractivity contribution in [2.75, 3.05) is 5.32 Å². The molecule has 0 fully saturated rings. The molecule has 4 aromatic rings. The van der Waals surface area contributed by atoms with Gasteiger partial charge in [0.05, 0.1) is 16.8 Å². The second-order valence-corrected chi connectivity index (χ2v) is 7.97. The van der Waals surface area contributed by atoms with Crippen molar-refractivity contribution in [3.05, 3.63) is 91.9 Å². The van der Waals surface area contributed by atoms with Crippen LogP contribution in [0.4, 0.5) is 18.9 Å². The molecule has 164 valence electrons. The van der Waals surface area contributed by atoms with E-state index >= 15 is 0 Å². The minimum Gasteiger partial charge on any atom is -0.325 e. The zero-order valence-corrected chi connectivity index (χ0v) is 17.5. The van der Waals surface area contributed by atoms with Gasteiger partial charge < -0.3 is 5.32 Å². The quantitative estimate of drug-likeness (QED) is 0.498. The zero-order chi connectivity index (χ0) is 23.0. The summed E-state index contributed by atoms with van der Waals surface area (Å²) in [5.74, 6) is -0.616. The highest BCUT2D eigenvalue weighted by molar-refractivity contribution is 7.17. The Hall–Kier alpha value is -3.66. The van der Waals surface area contributed by atoms with E-state index in [1.807, 2.05) is 0 Å². The number of para-hydroxylation sites is 1. The number of aryl methyl sites for hydroxylation is 1. The molecule has 0 unspecified atom stereocenters. The summed E-state index contributed by atoms with van der Waals surface area (Å²) in [5, 5.41) is 4.14. The molecular formula is C22H16F3N3O3S. The molecule has 0 spiro atoms. The van der Waals surface area contributed by atoms with Crippen molar-refractivity contribution in [1.29, 1.82) is 0 Å². The summed E-state index contributed by atoms with van der Waals surface area (Å²) in [6.07, 6.45) is -4.48. The molecule has 2 heterocycles. The highest BCUT2D eigenvalue weighted by Crippen LogP contribution is 2.29. The first-order chi connectivity index (χ1) is 15.2. The van der Waals surface area contributed by atoms with Gasteiger partial charge in [-0.3, -0.25) is 14.2 Å². The average Bonchev–Trinajstić information content (AvgIpc) is 3.22. The Morgan fingerprint density at radius 1 is 1.03 bits per heavy atom. The number of aromatic nitrogens is 2. The summed E-state index contributed by atoms with van der Waals surface area (Å²) in [4.78, 5) is 38.8. The largest absolute Gasteiger partial charge is 0.416 e. The number of nitrogens with one attached hydrogen (secondary N) is 1. The van der Waals surface area contributed by atoms with Gasteiger partial charge in [-0.05, 0) is 54.3 Å². The lowest BCUT2D eigenvalue weighted by atomic mass is 10.2. The number of rotatable bonds is 4. The van der Waals surface area contributed by atoms with Crippen molar-refractivity contribution in [1.82, 2.24) is 9.13 Å². The molecular weight excluding hydrogens is 443 g/mol. The molecule has 1 N–H and O–H groups in total. The van der Waals surface area contributed by atoms with Gasteiger partial charge in [0, 0.05) is 5.69 Å². The molecule has 0 aliphatic rings. The number of thiophene rings is 1. The number of halogens is 3. The van der Waals surface area contributed by atoms with E-state index in [0.717, 1.165) is 40.2 Å². The highest BCUT2D eigenvalue weighted by atomic mass is 32.1. The maximum atomic E-state index is 13.2. The number of alkyl halides is 3. The summed E-state index contributed by atoms with van der Waals surface area (Å²) >= 11 is 1.16. The summed E-state index contributed by atoms with van der Waals surface area (Å²) in [5.41, 5.74) is -0.399. The van der Waals surface area contributed by atoms with E-state index in [-0.39, 0.29) is 5.69 Å². The molecule has 32 heavy (non-hydrogen) atoms. The zero-order valence-electron chi connectivity index (χ0n) is 16.6. The molecule has 0 radical (unpaired) electrons. The summed E-state index contributed by atoms with van der Waals surface area (Å²) in [7, 11) is 0. The third-order valence-electron chi connectivity index (χ3n) is 4.91. The summed E-state index contributed by atoms with van der Waals surface area (Å²) in [6, 6.07) is 12.5. The van der Waals surface area contributed by atoms with Crippen molar-refractivity contribution < 1.29 is 18.0 Å². The number of carbonyl (C=O) groups is 1. The monoisotopic (exact) mass is 459 g/mol. The Balaban J connectivity index is 1.71. The van der Waals surface area contributed by atoms with Gasteiger partial charge in [0.15, 0.2) is 0 Å². The van der Waals surface area contributed by atoms with Gasteiger partial charge in [-0.1, -0.05) is 18.2 Å². The molecule has 0 bridgehead atoms. The molecule has 0 aliphatic carbocycles. The van der Waals surface area contributed by atoms with Crippen LogP contribution in [0.3, 0.4) is 0 Å². The number of hydrogen-bond acceptors (Lipinski definition) is 4. The summed E-state index contributed by atoms with van der Waals surface area (Å²) < 4.78 is 40.7. The van der Waals surface area contributed by atoms with Crippen molar-refractivity contribution in [3.8, 4) is 5.69 Å². The third-order valence-corrected chi connectivity index (χ3v) is 5.80. The lowest BCUT2D eigenvalue weighted by Crippen LogP contribution is -2.40. The van der Waals surface area contributed by atoms with Crippen LogP contribution in [0.2, 0.25) is 0 Å². The lowest BCUT2D eigenvalue weighted by molar-refractivity contribution is -0.137. The van der Waals surface area contributed by atoms with Crippen LogP contribution in [-0.2, 0) is 17.5 Å². The molecule has 6 nitrogen and oxygen atoms in total. The molecule has 0 saturated carbocycles. The van der Waals surface area contributed by atoms with Gasteiger partial charge in [0.2, 0.25) is 5.91 Å². The topological polar surface area (TPSA) is 73.1 Å². The first-order valence-electron chi connectivity index (χ1n) is 9.43. The van der Waals surface area contributed by atoms with E-state index in [1.165, 1.54) is 4.57 Å². The minimum atomic E-state index is -4.48. The number of fused-ring (bicyclic) bond motifs is 1. The number of hydrogen-bond donors (Lipinski definition) is 1. The third kappa shape index (κ3) is 3.96. The fraction of sp³-hybridized carbons (Fsp3) is 0.136. The van der Waals surface area contributed by atoms with E-state index in [9.17, 15) is 27.6 Å². The van der Waals surface area contributed by atoms with Gasteiger partial charge >= 0.3 is 11.9 Å². The van der Waals surface area contributed by atoms with Crippen molar-refractivity contribution in [2.45, 2.75) is 19.6 Å². The number of benzene rings is 2. The Morgan fingerprint density at radius 3 is 2.38 bits per heavy atom.